The lowest BCUT2D eigenvalue weighted by molar-refractivity contribution is -0.123. The quantitative estimate of drug-likeness (QED) is 0.370. The van der Waals surface area contributed by atoms with Gasteiger partial charge in [0, 0.05) is 18.8 Å². The average Bonchev–Trinajstić information content (AvgIpc) is 2.40. The minimum Gasteiger partial charge on any atom is -0.508 e. The van der Waals surface area contributed by atoms with Crippen molar-refractivity contribution in [2.24, 2.45) is 0 Å². The Balaban J connectivity index is 0.000000362. The topological polar surface area (TPSA) is 72.8 Å². The van der Waals surface area contributed by atoms with Crippen LogP contribution in [0.3, 0.4) is 0 Å². The summed E-state index contributed by atoms with van der Waals surface area (Å²) in [4.78, 5) is 20.7. The van der Waals surface area contributed by atoms with E-state index in [9.17, 15) is 9.59 Å². The number of ether oxygens (including phenoxy) is 2. The zero-order valence-corrected chi connectivity index (χ0v) is 11.5. The second kappa shape index (κ2) is 10.2. The first kappa shape index (κ1) is 17.3. The number of phenolic OH excluding ortho intramolecular Hbond substituents is 1. The molecule has 0 aliphatic carbocycles. The molecule has 0 aliphatic rings. The van der Waals surface area contributed by atoms with Gasteiger partial charge in [-0.15, -0.1) is 0 Å². The van der Waals surface area contributed by atoms with Crippen LogP contribution in [0, 0.1) is 0 Å². The first-order valence-corrected chi connectivity index (χ1v) is 6.06. The summed E-state index contributed by atoms with van der Waals surface area (Å²) in [5.41, 5.74) is 0.290. The molecule has 0 radical (unpaired) electrons. The predicted molar refractivity (Wildman–Crippen MR) is 71.2 cm³/mol. The van der Waals surface area contributed by atoms with Crippen molar-refractivity contribution in [1.29, 1.82) is 0 Å². The molecule has 0 bridgehead atoms. The Morgan fingerprint density at radius 2 is 1.68 bits per heavy atom. The average molecular weight is 268 g/mol. The van der Waals surface area contributed by atoms with Crippen molar-refractivity contribution in [3.05, 3.63) is 29.8 Å². The number of phenols is 1. The van der Waals surface area contributed by atoms with Gasteiger partial charge < -0.3 is 14.6 Å². The Morgan fingerprint density at radius 1 is 1.21 bits per heavy atom. The first-order valence-electron chi connectivity index (χ1n) is 6.06. The Labute approximate surface area is 113 Å². The summed E-state index contributed by atoms with van der Waals surface area (Å²) in [6.07, 6.45) is 0.205. The molecule has 0 fully saturated rings. The highest BCUT2D eigenvalue weighted by Crippen LogP contribution is 2.09. The second-order valence-electron chi connectivity index (χ2n) is 3.51. The van der Waals surface area contributed by atoms with Gasteiger partial charge in [0.25, 0.3) is 0 Å². The van der Waals surface area contributed by atoms with Gasteiger partial charge in [0.15, 0.2) is 12.6 Å². The molecule has 0 aliphatic heterocycles. The van der Waals surface area contributed by atoms with Crippen LogP contribution >= 0.6 is 0 Å². The highest BCUT2D eigenvalue weighted by atomic mass is 16.7. The molecule has 0 aromatic heterocycles. The lowest BCUT2D eigenvalue weighted by Gasteiger charge is -2.09. The van der Waals surface area contributed by atoms with Crippen molar-refractivity contribution in [3.8, 4) is 5.75 Å². The molecule has 1 N–H and O–H groups in total. The van der Waals surface area contributed by atoms with E-state index in [1.54, 1.807) is 0 Å². The molecule has 0 heterocycles. The van der Waals surface area contributed by atoms with Gasteiger partial charge in [0.05, 0.1) is 0 Å². The van der Waals surface area contributed by atoms with Crippen LogP contribution < -0.4 is 0 Å². The minimum atomic E-state index is -0.579. The molecule has 0 unspecified atom stereocenters. The summed E-state index contributed by atoms with van der Waals surface area (Å²) < 4.78 is 10.1. The maximum atomic E-state index is 10.7. The molecular weight excluding hydrogens is 248 g/mol. The lowest BCUT2D eigenvalue weighted by atomic mass is 10.1. The maximum Gasteiger partial charge on any atom is 0.225 e. The van der Waals surface area contributed by atoms with Crippen LogP contribution in [0.25, 0.3) is 0 Å². The SMILES string of the molecule is CCOC(C)OCC.O=CC(=O)c1ccc(O)cc1. The molecule has 0 amide bonds. The van der Waals surface area contributed by atoms with Gasteiger partial charge in [0.1, 0.15) is 5.75 Å². The Bertz CT molecular complexity index is 366. The molecule has 0 saturated heterocycles. The lowest BCUT2D eigenvalue weighted by Crippen LogP contribution is -2.11. The van der Waals surface area contributed by atoms with Crippen molar-refractivity contribution in [3.63, 3.8) is 0 Å². The number of benzene rings is 1. The van der Waals surface area contributed by atoms with E-state index in [2.05, 4.69) is 0 Å². The summed E-state index contributed by atoms with van der Waals surface area (Å²) in [7, 11) is 0. The van der Waals surface area contributed by atoms with Crippen LogP contribution in [-0.2, 0) is 14.3 Å². The summed E-state index contributed by atoms with van der Waals surface area (Å²) in [6.45, 7) is 7.25. The normalized spacial score (nSPS) is 9.68. The van der Waals surface area contributed by atoms with E-state index in [0.717, 1.165) is 13.2 Å². The Hall–Kier alpha value is -1.72. The van der Waals surface area contributed by atoms with E-state index in [1.165, 1.54) is 24.3 Å². The molecule has 0 saturated carbocycles. The van der Waals surface area contributed by atoms with Gasteiger partial charge in [-0.2, -0.15) is 0 Å². The fourth-order valence-electron chi connectivity index (χ4n) is 1.21. The zero-order valence-electron chi connectivity index (χ0n) is 11.5. The number of rotatable bonds is 6. The number of aromatic hydroxyl groups is 1. The molecule has 5 heteroatoms. The Morgan fingerprint density at radius 3 is 2.05 bits per heavy atom. The monoisotopic (exact) mass is 268 g/mol. The molecule has 1 aromatic rings. The van der Waals surface area contributed by atoms with Crippen molar-refractivity contribution < 1.29 is 24.2 Å². The molecule has 0 spiro atoms. The number of hydrogen-bond donors (Lipinski definition) is 1. The number of carbonyl (C=O) groups excluding carboxylic acids is 2. The smallest absolute Gasteiger partial charge is 0.225 e. The molecule has 19 heavy (non-hydrogen) atoms. The third-order valence-electron chi connectivity index (χ3n) is 2.06. The van der Waals surface area contributed by atoms with Gasteiger partial charge in [0.2, 0.25) is 5.78 Å². The van der Waals surface area contributed by atoms with Crippen molar-refractivity contribution in [2.75, 3.05) is 13.2 Å². The first-order chi connectivity index (χ1) is 9.04. The number of hydrogen-bond acceptors (Lipinski definition) is 5. The van der Waals surface area contributed by atoms with Crippen molar-refractivity contribution in [2.45, 2.75) is 27.1 Å². The van der Waals surface area contributed by atoms with E-state index in [0.29, 0.717) is 0 Å². The predicted octanol–water partition coefficient (Wildman–Crippen LogP) is 2.18. The van der Waals surface area contributed by atoms with Crippen LogP contribution in [0.1, 0.15) is 31.1 Å². The number of aldehydes is 1. The third-order valence-corrected chi connectivity index (χ3v) is 2.06. The van der Waals surface area contributed by atoms with Gasteiger partial charge in [-0.1, -0.05) is 0 Å². The van der Waals surface area contributed by atoms with Gasteiger partial charge in [-0.25, -0.2) is 0 Å². The number of ketones is 1. The van der Waals surface area contributed by atoms with Crippen molar-refractivity contribution in [1.82, 2.24) is 0 Å². The summed E-state index contributed by atoms with van der Waals surface area (Å²) in [5.74, 6) is -0.502. The van der Waals surface area contributed by atoms with Crippen LogP contribution in [0.5, 0.6) is 5.75 Å². The van der Waals surface area contributed by atoms with Crippen LogP contribution in [0.4, 0.5) is 0 Å². The summed E-state index contributed by atoms with van der Waals surface area (Å²) >= 11 is 0. The number of Topliss-reactive ketones (excluding diaryl/α,β-unsaturated/α-hetero) is 1. The van der Waals surface area contributed by atoms with Crippen LogP contribution in [-0.4, -0.2) is 36.7 Å². The summed E-state index contributed by atoms with van der Waals surface area (Å²) in [6, 6.07) is 5.51. The molecule has 1 aromatic carbocycles. The molecule has 1 rings (SSSR count). The highest BCUT2D eigenvalue weighted by Gasteiger charge is 2.01. The van der Waals surface area contributed by atoms with E-state index >= 15 is 0 Å². The molecule has 0 atom stereocenters. The molecule has 5 nitrogen and oxygen atoms in total. The minimum absolute atomic E-state index is 0.0370. The highest BCUT2D eigenvalue weighted by molar-refractivity contribution is 6.33. The zero-order chi connectivity index (χ0) is 14.7. The number of carbonyl (C=O) groups is 2. The maximum absolute atomic E-state index is 10.7. The Kier molecular flexibility index (Phi) is 9.30. The van der Waals surface area contributed by atoms with Crippen LogP contribution in [0.15, 0.2) is 24.3 Å². The van der Waals surface area contributed by atoms with E-state index < -0.39 is 5.78 Å². The molecular formula is C14H20O5. The van der Waals surface area contributed by atoms with E-state index in [-0.39, 0.29) is 23.9 Å². The standard InChI is InChI=1S/C8H6O3.C6H14O2/c9-5-8(11)6-1-3-7(10)4-2-6;1-4-7-6(3)8-5-2/h1-5,10H;6H,4-5H2,1-3H3. The van der Waals surface area contributed by atoms with E-state index in [1.807, 2.05) is 20.8 Å². The van der Waals surface area contributed by atoms with Gasteiger partial charge in [-0.05, 0) is 45.0 Å². The largest absolute Gasteiger partial charge is 0.508 e. The fraction of sp³-hybridized carbons (Fsp3) is 0.429. The molecule has 106 valence electrons. The summed E-state index contributed by atoms with van der Waals surface area (Å²) in [5, 5.41) is 8.81. The fourth-order valence-corrected chi connectivity index (χ4v) is 1.21. The van der Waals surface area contributed by atoms with Gasteiger partial charge >= 0.3 is 0 Å². The van der Waals surface area contributed by atoms with Crippen LogP contribution in [0.2, 0.25) is 0 Å². The second-order valence-corrected chi connectivity index (χ2v) is 3.51. The van der Waals surface area contributed by atoms with Gasteiger partial charge in [-0.3, -0.25) is 9.59 Å². The van der Waals surface area contributed by atoms with Crippen molar-refractivity contribution >= 4 is 12.1 Å². The van der Waals surface area contributed by atoms with E-state index in [4.69, 9.17) is 14.6 Å². The third kappa shape index (κ3) is 8.07.